The minimum atomic E-state index is -0.217. The monoisotopic (exact) mass is 346 g/mol. The van der Waals surface area contributed by atoms with Gasteiger partial charge in [0.1, 0.15) is 6.54 Å². The van der Waals surface area contributed by atoms with Gasteiger partial charge in [0.05, 0.1) is 42.3 Å². The fourth-order valence-corrected chi connectivity index (χ4v) is 2.95. The molecule has 130 valence electrons. The largest absolute Gasteiger partial charge is 0.346 e. The van der Waals surface area contributed by atoms with E-state index in [0.29, 0.717) is 6.54 Å². The predicted molar refractivity (Wildman–Crippen MR) is 97.1 cm³/mol. The number of aromatic nitrogens is 5. The molecule has 0 spiro atoms. The first-order valence-electron chi connectivity index (χ1n) is 8.38. The van der Waals surface area contributed by atoms with Gasteiger partial charge in [0.2, 0.25) is 5.91 Å². The van der Waals surface area contributed by atoms with Gasteiger partial charge in [0, 0.05) is 0 Å². The number of amides is 1. The summed E-state index contributed by atoms with van der Waals surface area (Å²) in [5, 5.41) is 11.4. The van der Waals surface area contributed by atoms with Crippen molar-refractivity contribution in [2.45, 2.75) is 19.1 Å². The summed E-state index contributed by atoms with van der Waals surface area (Å²) in [7, 11) is 0. The van der Waals surface area contributed by atoms with E-state index in [1.54, 1.807) is 23.5 Å². The highest BCUT2D eigenvalue weighted by molar-refractivity contribution is 5.80. The van der Waals surface area contributed by atoms with E-state index in [1.807, 2.05) is 59.2 Å². The van der Waals surface area contributed by atoms with Crippen molar-refractivity contribution >= 4 is 16.9 Å². The summed E-state index contributed by atoms with van der Waals surface area (Å²) < 4.78 is 1.85. The average Bonchev–Trinajstić information content (AvgIpc) is 3.32. The Hall–Kier alpha value is -3.48. The average molecular weight is 346 g/mol. The molecule has 2 heterocycles. The first kappa shape index (κ1) is 16.0. The number of benzene rings is 2. The van der Waals surface area contributed by atoms with Gasteiger partial charge in [0.25, 0.3) is 0 Å². The lowest BCUT2D eigenvalue weighted by atomic mass is 10.1. The molecule has 1 atom stereocenters. The molecule has 0 saturated carbocycles. The fraction of sp³-hybridized carbons (Fsp3) is 0.158. The highest BCUT2D eigenvalue weighted by Crippen LogP contribution is 2.15. The van der Waals surface area contributed by atoms with E-state index in [0.717, 1.165) is 16.6 Å². The molecule has 0 aliphatic heterocycles. The maximum Gasteiger partial charge on any atom is 0.240 e. The molecule has 1 N–H and O–H groups in total. The smallest absolute Gasteiger partial charge is 0.240 e. The molecule has 0 aliphatic carbocycles. The molecule has 0 unspecified atom stereocenters. The highest BCUT2D eigenvalue weighted by Gasteiger charge is 2.17. The third kappa shape index (κ3) is 3.46. The molecule has 0 bridgehead atoms. The summed E-state index contributed by atoms with van der Waals surface area (Å²) >= 11 is 0. The van der Waals surface area contributed by atoms with Crippen molar-refractivity contribution in [1.82, 2.24) is 29.9 Å². The van der Waals surface area contributed by atoms with Crippen LogP contribution in [0, 0.1) is 0 Å². The quantitative estimate of drug-likeness (QED) is 0.580. The molecule has 0 radical (unpaired) electrons. The summed E-state index contributed by atoms with van der Waals surface area (Å²) in [6.45, 7) is 0.670. The van der Waals surface area contributed by atoms with E-state index >= 15 is 0 Å². The lowest BCUT2D eigenvalue weighted by Gasteiger charge is -2.19. The molecule has 1 amide bonds. The van der Waals surface area contributed by atoms with Crippen molar-refractivity contribution in [3.8, 4) is 0 Å². The molecule has 4 aromatic rings. The number of para-hydroxylation sites is 2. The van der Waals surface area contributed by atoms with Crippen LogP contribution in [0.15, 0.2) is 73.3 Å². The first-order valence-corrected chi connectivity index (χ1v) is 8.38. The maximum absolute atomic E-state index is 12.7. The van der Waals surface area contributed by atoms with Crippen LogP contribution < -0.4 is 5.32 Å². The van der Waals surface area contributed by atoms with Crippen molar-refractivity contribution in [2.75, 3.05) is 0 Å². The van der Waals surface area contributed by atoms with Gasteiger partial charge in [-0.2, -0.15) is 15.0 Å². The third-order valence-electron chi connectivity index (χ3n) is 4.19. The zero-order valence-electron chi connectivity index (χ0n) is 14.1. The van der Waals surface area contributed by atoms with E-state index in [4.69, 9.17) is 0 Å². The van der Waals surface area contributed by atoms with Crippen LogP contribution >= 0.6 is 0 Å². The van der Waals surface area contributed by atoms with Crippen LogP contribution in [0.2, 0.25) is 0 Å². The summed E-state index contributed by atoms with van der Waals surface area (Å²) in [6, 6.07) is 17.4. The van der Waals surface area contributed by atoms with Gasteiger partial charge < -0.3 is 9.88 Å². The van der Waals surface area contributed by atoms with Crippen molar-refractivity contribution in [3.05, 3.63) is 78.9 Å². The van der Waals surface area contributed by atoms with Gasteiger partial charge in [-0.15, -0.1) is 0 Å². The van der Waals surface area contributed by atoms with Crippen LogP contribution in [0.4, 0.5) is 0 Å². The Kier molecular flexibility index (Phi) is 4.42. The molecule has 26 heavy (non-hydrogen) atoms. The van der Waals surface area contributed by atoms with Crippen molar-refractivity contribution < 1.29 is 4.79 Å². The van der Waals surface area contributed by atoms with Gasteiger partial charge in [-0.05, 0) is 17.7 Å². The lowest BCUT2D eigenvalue weighted by Crippen LogP contribution is -2.34. The minimum absolute atomic E-state index is 0.0887. The minimum Gasteiger partial charge on any atom is -0.346 e. The van der Waals surface area contributed by atoms with Gasteiger partial charge >= 0.3 is 0 Å². The standard InChI is InChI=1S/C19H18N6O/c26-19(13-24-14-20-16-8-4-5-9-18(16)24)23-17(12-25-21-10-11-22-25)15-6-2-1-3-7-15/h1-11,14,17H,12-13H2,(H,23,26)/t17-/m1/s1. The number of hydrogen-bond donors (Lipinski definition) is 1. The van der Waals surface area contributed by atoms with Crippen LogP contribution in [-0.4, -0.2) is 30.5 Å². The van der Waals surface area contributed by atoms with Gasteiger partial charge in [-0.25, -0.2) is 4.98 Å². The van der Waals surface area contributed by atoms with E-state index in [2.05, 4.69) is 20.5 Å². The van der Waals surface area contributed by atoms with Crippen molar-refractivity contribution in [1.29, 1.82) is 0 Å². The Bertz CT molecular complexity index is 993. The summed E-state index contributed by atoms with van der Waals surface area (Å²) in [5.41, 5.74) is 2.82. The second-order valence-corrected chi connectivity index (χ2v) is 5.98. The molecule has 0 fully saturated rings. The molecule has 7 nitrogen and oxygen atoms in total. The predicted octanol–water partition coefficient (Wildman–Crippen LogP) is 2.19. The molecule has 0 saturated heterocycles. The van der Waals surface area contributed by atoms with Crippen LogP contribution in [0.25, 0.3) is 11.0 Å². The summed E-state index contributed by atoms with van der Waals surface area (Å²) in [4.78, 5) is 18.6. The second-order valence-electron chi connectivity index (χ2n) is 5.98. The third-order valence-corrected chi connectivity index (χ3v) is 4.19. The first-order chi connectivity index (χ1) is 12.8. The normalized spacial score (nSPS) is 12.2. The summed E-state index contributed by atoms with van der Waals surface area (Å²) in [5.74, 6) is -0.0887. The van der Waals surface area contributed by atoms with Crippen LogP contribution in [0.3, 0.4) is 0 Å². The van der Waals surface area contributed by atoms with E-state index < -0.39 is 0 Å². The second kappa shape index (κ2) is 7.18. The number of rotatable bonds is 6. The molecule has 2 aromatic heterocycles. The van der Waals surface area contributed by atoms with Gasteiger partial charge in [-0.1, -0.05) is 42.5 Å². The molecule has 7 heteroatoms. The molecule has 0 aliphatic rings. The lowest BCUT2D eigenvalue weighted by molar-refractivity contribution is -0.122. The number of nitrogens with zero attached hydrogens (tertiary/aromatic N) is 5. The molecule has 4 rings (SSSR count). The number of nitrogens with one attached hydrogen (secondary N) is 1. The number of fused-ring (bicyclic) bond motifs is 1. The number of carbonyl (C=O) groups is 1. The van der Waals surface area contributed by atoms with E-state index in [-0.39, 0.29) is 18.5 Å². The number of hydrogen-bond acceptors (Lipinski definition) is 4. The Balaban J connectivity index is 1.52. The van der Waals surface area contributed by atoms with Crippen molar-refractivity contribution in [3.63, 3.8) is 0 Å². The van der Waals surface area contributed by atoms with Crippen LogP contribution in [-0.2, 0) is 17.9 Å². The van der Waals surface area contributed by atoms with Gasteiger partial charge in [0.15, 0.2) is 0 Å². The summed E-state index contributed by atoms with van der Waals surface area (Å²) in [6.07, 6.45) is 4.94. The maximum atomic E-state index is 12.7. The van der Waals surface area contributed by atoms with Crippen molar-refractivity contribution in [2.24, 2.45) is 0 Å². The number of carbonyl (C=O) groups excluding carboxylic acids is 1. The molecule has 2 aromatic carbocycles. The zero-order chi connectivity index (χ0) is 17.8. The Morgan fingerprint density at radius 3 is 2.54 bits per heavy atom. The Labute approximate surface area is 150 Å². The fourth-order valence-electron chi connectivity index (χ4n) is 2.95. The Morgan fingerprint density at radius 1 is 1.00 bits per heavy atom. The number of imidazole rings is 1. The molecular formula is C19H18N6O. The van der Waals surface area contributed by atoms with Crippen LogP contribution in [0.1, 0.15) is 11.6 Å². The SMILES string of the molecule is O=C(Cn1cnc2ccccc21)N[C@H](Cn1nccn1)c1ccccc1. The Morgan fingerprint density at radius 2 is 1.73 bits per heavy atom. The van der Waals surface area contributed by atoms with E-state index in [1.165, 1.54) is 0 Å². The topological polar surface area (TPSA) is 77.6 Å². The molecular weight excluding hydrogens is 328 g/mol. The van der Waals surface area contributed by atoms with E-state index in [9.17, 15) is 4.79 Å². The van der Waals surface area contributed by atoms with Gasteiger partial charge in [-0.3, -0.25) is 4.79 Å². The highest BCUT2D eigenvalue weighted by atomic mass is 16.2. The van der Waals surface area contributed by atoms with Crippen LogP contribution in [0.5, 0.6) is 0 Å². The zero-order valence-corrected chi connectivity index (χ0v) is 14.1.